The first-order valence-corrected chi connectivity index (χ1v) is 5.30. The Balaban J connectivity index is 0.00000128. The summed E-state index contributed by atoms with van der Waals surface area (Å²) in [6, 6.07) is 1.94. The Hall–Kier alpha value is -1.07. The predicted octanol–water partition coefficient (Wildman–Crippen LogP) is 0.567. The molecule has 1 aromatic heterocycles. The van der Waals surface area contributed by atoms with E-state index in [-0.39, 0.29) is 24.4 Å². The Labute approximate surface area is 101 Å². The monoisotopic (exact) mass is 244 g/mol. The molecular weight excluding hydrogens is 228 g/mol. The van der Waals surface area contributed by atoms with Crippen LogP contribution in [0.15, 0.2) is 6.07 Å². The molecule has 90 valence electrons. The summed E-state index contributed by atoms with van der Waals surface area (Å²) < 4.78 is 0. The van der Waals surface area contributed by atoms with Crippen molar-refractivity contribution in [2.24, 2.45) is 5.73 Å². The van der Waals surface area contributed by atoms with Crippen LogP contribution in [-0.2, 0) is 6.42 Å². The maximum Gasteiger partial charge on any atom is 0.274 e. The average Bonchev–Trinajstić information content (AvgIpc) is 2.84. The number of carbonyl (C=O) groups excluding carboxylic acids is 1. The zero-order chi connectivity index (χ0) is 10.8. The predicted molar refractivity (Wildman–Crippen MR) is 63.7 cm³/mol. The zero-order valence-electron chi connectivity index (χ0n) is 9.27. The lowest BCUT2D eigenvalue weighted by molar-refractivity contribution is 0.0785. The molecule has 3 N–H and O–H groups in total. The van der Waals surface area contributed by atoms with Gasteiger partial charge >= 0.3 is 0 Å². The van der Waals surface area contributed by atoms with E-state index in [4.69, 9.17) is 5.73 Å². The summed E-state index contributed by atoms with van der Waals surface area (Å²) in [6.45, 7) is 3.41. The molecule has 5 nitrogen and oxygen atoms in total. The van der Waals surface area contributed by atoms with E-state index in [0.29, 0.717) is 12.2 Å². The van der Waals surface area contributed by atoms with Crippen LogP contribution in [0.1, 0.15) is 29.5 Å². The first kappa shape index (κ1) is 13.0. The number of likely N-dealkylation sites (tertiary alicyclic amines) is 1. The molecule has 1 aliphatic heterocycles. The van der Waals surface area contributed by atoms with Crippen molar-refractivity contribution in [2.45, 2.75) is 25.8 Å². The van der Waals surface area contributed by atoms with Crippen LogP contribution in [0.25, 0.3) is 0 Å². The minimum absolute atomic E-state index is 0. The summed E-state index contributed by atoms with van der Waals surface area (Å²) >= 11 is 0. The maximum atomic E-state index is 11.9. The van der Waals surface area contributed by atoms with Gasteiger partial charge in [0, 0.05) is 24.8 Å². The first-order valence-electron chi connectivity index (χ1n) is 5.30. The maximum absolute atomic E-state index is 11.9. The second-order valence-electron chi connectivity index (χ2n) is 3.93. The van der Waals surface area contributed by atoms with Gasteiger partial charge < -0.3 is 10.6 Å². The highest BCUT2D eigenvalue weighted by Gasteiger charge is 2.25. The van der Waals surface area contributed by atoms with Crippen molar-refractivity contribution in [1.29, 1.82) is 0 Å². The number of aromatic amines is 1. The van der Waals surface area contributed by atoms with E-state index in [1.807, 2.05) is 13.0 Å². The van der Waals surface area contributed by atoms with Gasteiger partial charge in [-0.1, -0.05) is 6.92 Å². The molecule has 1 saturated heterocycles. The van der Waals surface area contributed by atoms with Gasteiger partial charge in [0.2, 0.25) is 0 Å². The van der Waals surface area contributed by atoms with Crippen LogP contribution < -0.4 is 5.73 Å². The third-order valence-corrected chi connectivity index (χ3v) is 2.74. The summed E-state index contributed by atoms with van der Waals surface area (Å²) in [5.41, 5.74) is 7.24. The molecule has 0 radical (unpaired) electrons. The number of H-pyrrole nitrogens is 1. The summed E-state index contributed by atoms with van der Waals surface area (Å²) in [7, 11) is 0. The Morgan fingerprint density at radius 1 is 1.75 bits per heavy atom. The molecule has 0 bridgehead atoms. The van der Waals surface area contributed by atoms with Crippen LogP contribution in [0.5, 0.6) is 0 Å². The fraction of sp³-hybridized carbons (Fsp3) is 0.600. The largest absolute Gasteiger partial charge is 0.336 e. The van der Waals surface area contributed by atoms with Crippen LogP contribution in [-0.4, -0.2) is 40.1 Å². The lowest BCUT2D eigenvalue weighted by Gasteiger charge is -2.13. The van der Waals surface area contributed by atoms with E-state index < -0.39 is 0 Å². The molecule has 1 amide bonds. The van der Waals surface area contributed by atoms with Crippen molar-refractivity contribution in [3.8, 4) is 0 Å². The highest BCUT2D eigenvalue weighted by Crippen LogP contribution is 2.11. The Morgan fingerprint density at radius 2 is 2.50 bits per heavy atom. The number of rotatable bonds is 2. The van der Waals surface area contributed by atoms with Crippen LogP contribution in [0, 0.1) is 0 Å². The molecule has 2 rings (SSSR count). The van der Waals surface area contributed by atoms with E-state index in [1.54, 1.807) is 4.90 Å². The molecule has 1 aliphatic rings. The summed E-state index contributed by atoms with van der Waals surface area (Å²) in [5.74, 6) is -0.0149. The normalized spacial score (nSPS) is 19.6. The number of aromatic nitrogens is 2. The van der Waals surface area contributed by atoms with Gasteiger partial charge in [-0.25, -0.2) is 0 Å². The van der Waals surface area contributed by atoms with Crippen molar-refractivity contribution >= 4 is 18.3 Å². The van der Waals surface area contributed by atoms with Crippen molar-refractivity contribution < 1.29 is 4.79 Å². The number of nitrogens with zero attached hydrogens (tertiary/aromatic N) is 2. The van der Waals surface area contributed by atoms with Crippen LogP contribution >= 0.6 is 12.4 Å². The quantitative estimate of drug-likeness (QED) is 0.799. The fourth-order valence-electron chi connectivity index (χ4n) is 1.79. The lowest BCUT2D eigenvalue weighted by Crippen LogP contribution is -2.32. The Morgan fingerprint density at radius 3 is 3.00 bits per heavy atom. The molecule has 1 fully saturated rings. The lowest BCUT2D eigenvalue weighted by atomic mass is 10.3. The molecule has 0 unspecified atom stereocenters. The number of aryl methyl sites for hydroxylation is 1. The minimum Gasteiger partial charge on any atom is -0.336 e. The number of hydrogen-bond donors (Lipinski definition) is 2. The molecule has 1 atom stereocenters. The standard InChI is InChI=1S/C10H16N4O.ClH/c1-2-8-5-9(13-12-8)10(15)14-4-3-7(11)6-14;/h5,7H,2-4,6,11H2,1H3,(H,12,13);1H/t7-;/m0./s1. The number of hydrogen-bond acceptors (Lipinski definition) is 3. The second-order valence-corrected chi connectivity index (χ2v) is 3.93. The molecule has 0 spiro atoms. The van der Waals surface area contributed by atoms with Gasteiger partial charge in [-0.15, -0.1) is 12.4 Å². The zero-order valence-corrected chi connectivity index (χ0v) is 10.1. The van der Waals surface area contributed by atoms with E-state index >= 15 is 0 Å². The van der Waals surface area contributed by atoms with Crippen LogP contribution in [0.4, 0.5) is 0 Å². The van der Waals surface area contributed by atoms with Crippen molar-refractivity contribution in [2.75, 3.05) is 13.1 Å². The van der Waals surface area contributed by atoms with E-state index in [2.05, 4.69) is 10.2 Å². The van der Waals surface area contributed by atoms with Gasteiger partial charge in [-0.2, -0.15) is 5.10 Å². The number of nitrogens with two attached hydrogens (primary N) is 1. The molecule has 0 saturated carbocycles. The molecule has 2 heterocycles. The van der Waals surface area contributed by atoms with Crippen LogP contribution in [0.3, 0.4) is 0 Å². The number of carbonyl (C=O) groups is 1. The topological polar surface area (TPSA) is 75.0 Å². The smallest absolute Gasteiger partial charge is 0.274 e. The SMILES string of the molecule is CCc1cc(C(=O)N2CC[C@H](N)C2)n[nH]1.Cl. The molecule has 0 aliphatic carbocycles. The third kappa shape index (κ3) is 2.54. The summed E-state index contributed by atoms with van der Waals surface area (Å²) in [5, 5.41) is 6.84. The van der Waals surface area contributed by atoms with Crippen molar-refractivity contribution in [1.82, 2.24) is 15.1 Å². The minimum atomic E-state index is -0.0149. The van der Waals surface area contributed by atoms with Gasteiger partial charge in [-0.05, 0) is 18.9 Å². The highest BCUT2D eigenvalue weighted by atomic mass is 35.5. The highest BCUT2D eigenvalue weighted by molar-refractivity contribution is 5.92. The number of amides is 1. The van der Waals surface area contributed by atoms with Crippen LogP contribution in [0.2, 0.25) is 0 Å². The summed E-state index contributed by atoms with van der Waals surface area (Å²) in [6.07, 6.45) is 1.75. The van der Waals surface area contributed by atoms with E-state index in [9.17, 15) is 4.79 Å². The molecule has 1 aromatic rings. The third-order valence-electron chi connectivity index (χ3n) is 2.74. The Kier molecular flexibility index (Phi) is 4.32. The average molecular weight is 245 g/mol. The second kappa shape index (κ2) is 5.32. The van der Waals surface area contributed by atoms with Gasteiger partial charge in [0.15, 0.2) is 0 Å². The summed E-state index contributed by atoms with van der Waals surface area (Å²) in [4.78, 5) is 13.7. The first-order chi connectivity index (χ1) is 7.20. The van der Waals surface area contributed by atoms with Crippen molar-refractivity contribution in [3.05, 3.63) is 17.5 Å². The Bertz CT molecular complexity index is 365. The molecular formula is C10H17ClN4O. The van der Waals surface area contributed by atoms with E-state index in [0.717, 1.165) is 25.1 Å². The van der Waals surface area contributed by atoms with Gasteiger partial charge in [0.05, 0.1) is 0 Å². The van der Waals surface area contributed by atoms with Gasteiger partial charge in [0.1, 0.15) is 5.69 Å². The number of halogens is 1. The van der Waals surface area contributed by atoms with Gasteiger partial charge in [-0.3, -0.25) is 9.89 Å². The molecule has 16 heavy (non-hydrogen) atoms. The number of nitrogens with one attached hydrogen (secondary N) is 1. The molecule has 6 heteroatoms. The van der Waals surface area contributed by atoms with E-state index in [1.165, 1.54) is 0 Å². The van der Waals surface area contributed by atoms with Crippen molar-refractivity contribution in [3.63, 3.8) is 0 Å². The molecule has 0 aromatic carbocycles. The fourth-order valence-corrected chi connectivity index (χ4v) is 1.79. The van der Waals surface area contributed by atoms with Gasteiger partial charge in [0.25, 0.3) is 5.91 Å².